The van der Waals surface area contributed by atoms with Crippen molar-refractivity contribution < 1.29 is 59.8 Å². The molecule has 0 radical (unpaired) electrons. The molecule has 2 aromatic carbocycles. The second-order valence-corrected chi connectivity index (χ2v) is 20.8. The predicted octanol–water partition coefficient (Wildman–Crippen LogP) is 4.31. The third kappa shape index (κ3) is 15.7. The van der Waals surface area contributed by atoms with E-state index in [4.69, 9.17) is 9.47 Å². The van der Waals surface area contributed by atoms with Crippen molar-refractivity contribution in [2.75, 3.05) is 41.9 Å². The lowest BCUT2D eigenvalue weighted by Gasteiger charge is -2.41. The van der Waals surface area contributed by atoms with Gasteiger partial charge in [-0.2, -0.15) is 13.2 Å². The van der Waals surface area contributed by atoms with E-state index in [1.807, 2.05) is 41.5 Å². The highest BCUT2D eigenvalue weighted by Gasteiger charge is 2.46. The maximum Gasteiger partial charge on any atom is 0.472 e. The van der Waals surface area contributed by atoms with E-state index in [-0.39, 0.29) is 58.4 Å². The zero-order chi connectivity index (χ0) is 52.8. The fourth-order valence-electron chi connectivity index (χ4n) is 9.17. The second kappa shape index (κ2) is 26.4. The Morgan fingerprint density at radius 1 is 0.800 bits per heavy atom. The minimum Gasteiger partial charge on any atom is -0.379 e. The van der Waals surface area contributed by atoms with E-state index in [0.29, 0.717) is 24.8 Å². The largest absolute Gasteiger partial charge is 0.472 e. The third-order valence-corrected chi connectivity index (χ3v) is 14.5. The molecule has 0 bridgehead atoms. The smallest absolute Gasteiger partial charge is 0.379 e. The number of hydrazine groups is 1. The third-order valence-electron chi connectivity index (χ3n) is 13.0. The average Bonchev–Trinajstić information content (AvgIpc) is 3.78. The first-order chi connectivity index (χ1) is 32.7. The van der Waals surface area contributed by atoms with Gasteiger partial charge in [0.1, 0.15) is 12.1 Å². The highest BCUT2D eigenvalue weighted by Crippen LogP contribution is 2.30. The molecule has 9 atom stereocenters. The van der Waals surface area contributed by atoms with E-state index in [0.717, 1.165) is 0 Å². The highest BCUT2D eigenvalue weighted by atomic mass is 32.2. The van der Waals surface area contributed by atoms with Gasteiger partial charge >= 0.3 is 12.1 Å². The van der Waals surface area contributed by atoms with Crippen LogP contribution in [0.25, 0.3) is 0 Å². The highest BCUT2D eigenvalue weighted by molar-refractivity contribution is 7.88. The van der Waals surface area contributed by atoms with Crippen molar-refractivity contribution in [3.63, 3.8) is 0 Å². The van der Waals surface area contributed by atoms with Crippen LogP contribution < -0.4 is 16.1 Å². The Labute approximate surface area is 411 Å². The molecular weight excluding hydrogens is 936 g/mol. The first-order valence-corrected chi connectivity index (χ1v) is 25.2. The number of carbonyl (C=O) groups excluding carboxylic acids is 6. The number of ether oxygens (including phenoxy) is 2. The van der Waals surface area contributed by atoms with Gasteiger partial charge < -0.3 is 29.9 Å². The normalized spacial score (nSPS) is 17.7. The van der Waals surface area contributed by atoms with Crippen molar-refractivity contribution in [3.05, 3.63) is 71.8 Å². The summed E-state index contributed by atoms with van der Waals surface area (Å²) in [5.74, 6) is -8.72. The molecule has 0 saturated carbocycles. The van der Waals surface area contributed by atoms with Crippen LogP contribution in [0, 0.1) is 23.7 Å². The summed E-state index contributed by atoms with van der Waals surface area (Å²) in [6.07, 6.45) is -6.43. The summed E-state index contributed by atoms with van der Waals surface area (Å²) < 4.78 is 79.9. The summed E-state index contributed by atoms with van der Waals surface area (Å²) in [5.41, 5.74) is 1.73. The molecule has 3 N–H and O–H groups in total. The van der Waals surface area contributed by atoms with Crippen LogP contribution in [0.2, 0.25) is 0 Å². The van der Waals surface area contributed by atoms with Crippen molar-refractivity contribution in [1.82, 2.24) is 35.2 Å². The fourth-order valence-corrected chi connectivity index (χ4v) is 10.5. The summed E-state index contributed by atoms with van der Waals surface area (Å²) in [6.45, 7) is 13.2. The minimum absolute atomic E-state index is 0.0321. The summed E-state index contributed by atoms with van der Waals surface area (Å²) in [7, 11) is 3.00. The molecule has 1 fully saturated rings. The van der Waals surface area contributed by atoms with Gasteiger partial charge in [-0.15, -0.1) is 4.41 Å². The van der Waals surface area contributed by atoms with Crippen LogP contribution in [0.5, 0.6) is 0 Å². The van der Waals surface area contributed by atoms with Crippen molar-refractivity contribution in [3.8, 4) is 0 Å². The summed E-state index contributed by atoms with van der Waals surface area (Å²) >= 11 is 0. The molecule has 0 unspecified atom stereocenters. The zero-order valence-corrected chi connectivity index (χ0v) is 43.3. The van der Waals surface area contributed by atoms with Crippen LogP contribution in [0.4, 0.5) is 13.2 Å². The van der Waals surface area contributed by atoms with Gasteiger partial charge in [0.2, 0.25) is 23.6 Å². The van der Waals surface area contributed by atoms with Crippen molar-refractivity contribution in [2.24, 2.45) is 23.7 Å². The molecule has 6 amide bonds. The minimum atomic E-state index is -5.59. The molecule has 1 aliphatic rings. The standard InChI is InChI=1S/C49H74F3N7O10S/c1-13-32(6)42(57(10)47(64)40(30(2)3)54-45(62)41(31(4)5)56(8)9)38(68-11)28-39(60)58-26-20-25-37(58)43(69-12)33(7)44(61)53-36(27-34-21-16-14-17-22-34)46(63)59(55-48(65)49(50,51)52)70(66,67)29-35-23-18-15-19-24-35/h14-19,21-24,30-33,36-38,40-43H,13,20,25-29H2,1-12H3,(H,53,61)(H,54,62)(H,55,65)/t32-,33+,36-,37-,38-,40-,41-,42-,43+/m0/s1. The Kier molecular flexibility index (Phi) is 22.3. The number of likely N-dealkylation sites (N-methyl/N-ethyl adjacent to an activating group) is 2. The lowest BCUT2D eigenvalue weighted by atomic mass is 9.89. The number of nitrogens with zero attached hydrogens (tertiary/aromatic N) is 4. The maximum atomic E-state index is 14.5. The number of halogens is 3. The molecule has 17 nitrogen and oxygen atoms in total. The number of hydrogen-bond donors (Lipinski definition) is 3. The van der Waals surface area contributed by atoms with Crippen LogP contribution >= 0.6 is 0 Å². The molecule has 1 heterocycles. The number of rotatable bonds is 24. The molecule has 3 rings (SSSR count). The number of likely N-dealkylation sites (tertiary alicyclic amines) is 1. The van der Waals surface area contributed by atoms with Crippen LogP contribution in [0.3, 0.4) is 0 Å². The van der Waals surface area contributed by atoms with Crippen LogP contribution in [-0.4, -0.2) is 153 Å². The summed E-state index contributed by atoms with van der Waals surface area (Å²) in [6, 6.07) is 10.8. The molecule has 2 aromatic rings. The first kappa shape index (κ1) is 59.2. The zero-order valence-electron chi connectivity index (χ0n) is 42.5. The molecule has 0 spiro atoms. The molecular formula is C49H74F3N7O10S. The Morgan fingerprint density at radius 3 is 1.86 bits per heavy atom. The molecule has 70 heavy (non-hydrogen) atoms. The van der Waals surface area contributed by atoms with Gasteiger partial charge in [-0.3, -0.25) is 33.7 Å². The first-order valence-electron chi connectivity index (χ1n) is 23.6. The topological polar surface area (TPSA) is 204 Å². The van der Waals surface area contributed by atoms with E-state index in [1.54, 1.807) is 72.2 Å². The van der Waals surface area contributed by atoms with E-state index < -0.39 is 94.4 Å². The maximum absolute atomic E-state index is 14.5. The average molecular weight is 1010 g/mol. The predicted molar refractivity (Wildman–Crippen MR) is 257 cm³/mol. The number of nitrogens with one attached hydrogen (secondary N) is 3. The number of hydrogen-bond acceptors (Lipinski definition) is 11. The van der Waals surface area contributed by atoms with E-state index in [9.17, 15) is 50.4 Å². The lowest BCUT2D eigenvalue weighted by molar-refractivity contribution is -0.178. The van der Waals surface area contributed by atoms with Crippen molar-refractivity contribution in [2.45, 2.75) is 135 Å². The number of methoxy groups -OCH3 is 2. The summed E-state index contributed by atoms with van der Waals surface area (Å²) in [4.78, 5) is 88.2. The van der Waals surface area contributed by atoms with Crippen molar-refractivity contribution in [1.29, 1.82) is 0 Å². The molecule has 1 aliphatic heterocycles. The fraction of sp³-hybridized carbons (Fsp3) is 0.633. The molecule has 0 aliphatic carbocycles. The number of sulfonamides is 1. The Morgan fingerprint density at radius 2 is 1.37 bits per heavy atom. The van der Waals surface area contributed by atoms with Crippen molar-refractivity contribution >= 4 is 45.5 Å². The van der Waals surface area contributed by atoms with E-state index in [2.05, 4.69) is 10.6 Å². The lowest BCUT2D eigenvalue weighted by Crippen LogP contribution is -2.60. The Hall–Kier alpha value is -5.12. The van der Waals surface area contributed by atoms with Gasteiger partial charge in [0.15, 0.2) is 0 Å². The molecule has 0 aromatic heterocycles. The Balaban J connectivity index is 1.93. The van der Waals surface area contributed by atoms with Gasteiger partial charge in [0.25, 0.3) is 15.9 Å². The summed E-state index contributed by atoms with van der Waals surface area (Å²) in [5, 5.41) is 5.51. The SMILES string of the molecule is CC[C@H](C)[C@@H]([C@H](CC(=O)N1CCC[C@H]1[C@H](OC)[C@@H](C)C(=O)N[C@@H](Cc1ccccc1)C(=O)N(NC(=O)C(F)(F)F)S(=O)(=O)Cc1ccccc1)OC)N(C)C(=O)[C@@H](NC(=O)[C@H](C(C)C)N(C)C)C(C)C. The van der Waals surface area contributed by atoms with Gasteiger partial charge in [-0.1, -0.05) is 116 Å². The van der Waals surface area contributed by atoms with Crippen LogP contribution in [-0.2, 0) is 60.4 Å². The number of amides is 6. The van der Waals surface area contributed by atoms with Gasteiger partial charge in [0.05, 0.1) is 48.4 Å². The van der Waals surface area contributed by atoms with Crippen LogP contribution in [0.15, 0.2) is 60.7 Å². The number of carbonyl (C=O) groups is 6. The van der Waals surface area contributed by atoms with Gasteiger partial charge in [0, 0.05) is 34.2 Å². The van der Waals surface area contributed by atoms with Crippen LogP contribution in [0.1, 0.15) is 85.3 Å². The van der Waals surface area contributed by atoms with Gasteiger partial charge in [-0.05, 0) is 55.8 Å². The monoisotopic (exact) mass is 1010 g/mol. The quantitative estimate of drug-likeness (QED) is 0.127. The number of alkyl halides is 3. The molecule has 392 valence electrons. The van der Waals surface area contributed by atoms with Gasteiger partial charge in [-0.25, -0.2) is 13.8 Å². The van der Waals surface area contributed by atoms with E-state index >= 15 is 0 Å². The number of benzene rings is 2. The molecule has 21 heteroatoms. The second-order valence-electron chi connectivity index (χ2n) is 19.0. The van der Waals surface area contributed by atoms with E-state index in [1.165, 1.54) is 50.8 Å². The Bertz CT molecular complexity index is 2160. The molecule has 1 saturated heterocycles.